The van der Waals surface area contributed by atoms with Crippen molar-refractivity contribution in [1.82, 2.24) is 9.97 Å². The summed E-state index contributed by atoms with van der Waals surface area (Å²) in [6, 6.07) is 22.4. The van der Waals surface area contributed by atoms with Crippen LogP contribution in [-0.2, 0) is 6.42 Å². The van der Waals surface area contributed by atoms with E-state index in [1.807, 2.05) is 49.5 Å². The molecule has 1 heterocycles. The van der Waals surface area contributed by atoms with Crippen LogP contribution in [0.3, 0.4) is 0 Å². The molecule has 3 rings (SSSR count). The van der Waals surface area contributed by atoms with E-state index in [1.165, 1.54) is 5.56 Å². The molecule has 0 fully saturated rings. The summed E-state index contributed by atoms with van der Waals surface area (Å²) in [5, 5.41) is 3.11. The molecule has 1 N–H and O–H groups in total. The Hall–Kier alpha value is -2.68. The van der Waals surface area contributed by atoms with Crippen LogP contribution in [0.4, 0.5) is 5.82 Å². The Morgan fingerprint density at radius 3 is 2.19 bits per heavy atom. The molecule has 1 aromatic heterocycles. The molecule has 0 aliphatic heterocycles. The van der Waals surface area contributed by atoms with Crippen molar-refractivity contribution in [3.63, 3.8) is 0 Å². The second kappa shape index (κ2) is 6.18. The monoisotopic (exact) mass is 275 g/mol. The topological polar surface area (TPSA) is 37.8 Å². The molecule has 3 nitrogen and oxygen atoms in total. The minimum Gasteiger partial charge on any atom is -0.373 e. The fraction of sp³-hybridized carbons (Fsp3) is 0.111. The standard InChI is InChI=1S/C18H17N3/c1-19-17-13-16(15-10-6-3-7-11-15)20-18(21-17)12-14-8-4-2-5-9-14/h2-11,13H,12H2,1H3,(H,19,20,21). The van der Waals surface area contributed by atoms with Crippen LogP contribution in [0.5, 0.6) is 0 Å². The SMILES string of the molecule is CNc1cc(-c2ccccc2)nc(Cc2ccccc2)n1. The van der Waals surface area contributed by atoms with Crippen molar-refractivity contribution in [1.29, 1.82) is 0 Å². The van der Waals surface area contributed by atoms with Crippen molar-refractivity contribution in [3.05, 3.63) is 78.1 Å². The van der Waals surface area contributed by atoms with Crippen LogP contribution in [-0.4, -0.2) is 17.0 Å². The van der Waals surface area contributed by atoms with Crippen LogP contribution in [0.25, 0.3) is 11.3 Å². The normalized spacial score (nSPS) is 10.3. The lowest BCUT2D eigenvalue weighted by molar-refractivity contribution is 0.973. The molecule has 0 saturated carbocycles. The van der Waals surface area contributed by atoms with Gasteiger partial charge in [-0.25, -0.2) is 9.97 Å². The van der Waals surface area contributed by atoms with E-state index in [0.717, 1.165) is 29.3 Å². The van der Waals surface area contributed by atoms with Crippen molar-refractivity contribution in [2.24, 2.45) is 0 Å². The van der Waals surface area contributed by atoms with E-state index in [1.54, 1.807) is 0 Å². The second-order valence-electron chi connectivity index (χ2n) is 4.83. The number of nitrogens with zero attached hydrogens (tertiary/aromatic N) is 2. The average Bonchev–Trinajstić information content (AvgIpc) is 2.56. The van der Waals surface area contributed by atoms with Gasteiger partial charge in [0.2, 0.25) is 0 Å². The number of nitrogens with one attached hydrogen (secondary N) is 1. The first-order valence-electron chi connectivity index (χ1n) is 7.00. The van der Waals surface area contributed by atoms with Crippen molar-refractivity contribution < 1.29 is 0 Å². The van der Waals surface area contributed by atoms with Gasteiger partial charge in [-0.3, -0.25) is 0 Å². The molecule has 0 spiro atoms. The molecular formula is C18H17N3. The summed E-state index contributed by atoms with van der Waals surface area (Å²) in [5.41, 5.74) is 3.26. The molecule has 2 aromatic carbocycles. The fourth-order valence-electron chi connectivity index (χ4n) is 2.24. The summed E-state index contributed by atoms with van der Waals surface area (Å²) in [5.74, 6) is 1.67. The summed E-state index contributed by atoms with van der Waals surface area (Å²) in [6.45, 7) is 0. The Labute approximate surface area is 124 Å². The highest BCUT2D eigenvalue weighted by Crippen LogP contribution is 2.20. The molecule has 0 aliphatic rings. The van der Waals surface area contributed by atoms with Gasteiger partial charge in [0.15, 0.2) is 0 Å². The Morgan fingerprint density at radius 2 is 1.52 bits per heavy atom. The van der Waals surface area contributed by atoms with Gasteiger partial charge in [-0.2, -0.15) is 0 Å². The third-order valence-corrected chi connectivity index (χ3v) is 3.30. The fourth-order valence-corrected chi connectivity index (χ4v) is 2.24. The number of hydrogen-bond acceptors (Lipinski definition) is 3. The Kier molecular flexibility index (Phi) is 3.92. The Morgan fingerprint density at radius 1 is 0.857 bits per heavy atom. The largest absolute Gasteiger partial charge is 0.373 e. The molecule has 0 unspecified atom stereocenters. The maximum Gasteiger partial charge on any atom is 0.135 e. The number of anilines is 1. The lowest BCUT2D eigenvalue weighted by Gasteiger charge is -2.08. The van der Waals surface area contributed by atoms with Crippen LogP contribution < -0.4 is 5.32 Å². The van der Waals surface area contributed by atoms with Crippen LogP contribution in [0, 0.1) is 0 Å². The zero-order valence-corrected chi connectivity index (χ0v) is 12.0. The molecule has 3 heteroatoms. The number of rotatable bonds is 4. The van der Waals surface area contributed by atoms with E-state index in [9.17, 15) is 0 Å². The van der Waals surface area contributed by atoms with Crippen LogP contribution in [0.15, 0.2) is 66.7 Å². The highest BCUT2D eigenvalue weighted by molar-refractivity contribution is 5.62. The molecule has 0 aliphatic carbocycles. The average molecular weight is 275 g/mol. The third-order valence-electron chi connectivity index (χ3n) is 3.30. The van der Waals surface area contributed by atoms with Gasteiger partial charge in [-0.05, 0) is 5.56 Å². The summed E-state index contributed by atoms with van der Waals surface area (Å²) in [4.78, 5) is 9.25. The van der Waals surface area contributed by atoms with Gasteiger partial charge >= 0.3 is 0 Å². The molecule has 0 amide bonds. The minimum absolute atomic E-state index is 0.732. The van der Waals surface area contributed by atoms with Crippen LogP contribution >= 0.6 is 0 Å². The van der Waals surface area contributed by atoms with E-state index in [2.05, 4.69) is 34.6 Å². The van der Waals surface area contributed by atoms with Gasteiger partial charge in [0, 0.05) is 25.1 Å². The summed E-state index contributed by atoms with van der Waals surface area (Å²) in [7, 11) is 1.88. The minimum atomic E-state index is 0.732. The number of aromatic nitrogens is 2. The van der Waals surface area contributed by atoms with Crippen molar-refractivity contribution in [3.8, 4) is 11.3 Å². The van der Waals surface area contributed by atoms with E-state index >= 15 is 0 Å². The number of benzene rings is 2. The quantitative estimate of drug-likeness (QED) is 0.787. The van der Waals surface area contributed by atoms with Crippen molar-refractivity contribution in [2.75, 3.05) is 12.4 Å². The molecule has 3 aromatic rings. The van der Waals surface area contributed by atoms with Gasteiger partial charge in [0.05, 0.1) is 5.69 Å². The van der Waals surface area contributed by atoms with Crippen molar-refractivity contribution in [2.45, 2.75) is 6.42 Å². The van der Waals surface area contributed by atoms with Gasteiger partial charge in [-0.1, -0.05) is 60.7 Å². The highest BCUT2D eigenvalue weighted by atomic mass is 15.0. The Balaban J connectivity index is 1.98. The maximum absolute atomic E-state index is 4.70. The predicted molar refractivity (Wildman–Crippen MR) is 86.3 cm³/mol. The van der Waals surface area contributed by atoms with E-state index in [4.69, 9.17) is 4.98 Å². The maximum atomic E-state index is 4.70. The molecule has 0 bridgehead atoms. The van der Waals surface area contributed by atoms with E-state index < -0.39 is 0 Å². The predicted octanol–water partition coefficient (Wildman–Crippen LogP) is 3.78. The smallest absolute Gasteiger partial charge is 0.135 e. The first-order chi connectivity index (χ1) is 10.3. The van der Waals surface area contributed by atoms with Gasteiger partial charge in [0.1, 0.15) is 11.6 Å². The molecule has 0 atom stereocenters. The molecule has 21 heavy (non-hydrogen) atoms. The summed E-state index contributed by atoms with van der Waals surface area (Å²) >= 11 is 0. The Bertz CT molecular complexity index is 709. The second-order valence-corrected chi connectivity index (χ2v) is 4.83. The molecule has 0 radical (unpaired) electrons. The number of hydrogen-bond donors (Lipinski definition) is 1. The van der Waals surface area contributed by atoms with Crippen LogP contribution in [0.2, 0.25) is 0 Å². The molecule has 104 valence electrons. The highest BCUT2D eigenvalue weighted by Gasteiger charge is 2.06. The van der Waals surface area contributed by atoms with Crippen molar-refractivity contribution >= 4 is 5.82 Å². The first kappa shape index (κ1) is 13.3. The zero-order valence-electron chi connectivity index (χ0n) is 12.0. The van der Waals surface area contributed by atoms with Gasteiger partial charge in [-0.15, -0.1) is 0 Å². The lowest BCUT2D eigenvalue weighted by Crippen LogP contribution is -2.02. The third kappa shape index (κ3) is 3.26. The van der Waals surface area contributed by atoms with E-state index in [-0.39, 0.29) is 0 Å². The van der Waals surface area contributed by atoms with Gasteiger partial charge < -0.3 is 5.32 Å². The van der Waals surface area contributed by atoms with Crippen LogP contribution in [0.1, 0.15) is 11.4 Å². The lowest BCUT2D eigenvalue weighted by atomic mass is 10.1. The summed E-state index contributed by atoms with van der Waals surface area (Å²) < 4.78 is 0. The molecule has 0 saturated heterocycles. The van der Waals surface area contributed by atoms with E-state index in [0.29, 0.717) is 0 Å². The zero-order chi connectivity index (χ0) is 14.5. The van der Waals surface area contributed by atoms with Gasteiger partial charge in [0.25, 0.3) is 0 Å². The molecular weight excluding hydrogens is 258 g/mol. The first-order valence-corrected chi connectivity index (χ1v) is 7.00. The summed E-state index contributed by atoms with van der Waals surface area (Å²) in [6.07, 6.45) is 0.732.